The lowest BCUT2D eigenvalue weighted by atomic mass is 9.94. The molecule has 0 amide bonds. The van der Waals surface area contributed by atoms with Crippen molar-refractivity contribution in [1.82, 2.24) is 14.9 Å². The van der Waals surface area contributed by atoms with E-state index in [1.165, 1.54) is 12.5 Å². The summed E-state index contributed by atoms with van der Waals surface area (Å²) in [6.07, 6.45) is 4.80. The van der Waals surface area contributed by atoms with Gasteiger partial charge >= 0.3 is 5.97 Å². The van der Waals surface area contributed by atoms with Crippen LogP contribution in [0, 0.1) is 0 Å². The number of aromatic nitrogens is 2. The maximum Gasteiger partial charge on any atom is 0.339 e. The van der Waals surface area contributed by atoms with Crippen molar-refractivity contribution < 1.29 is 14.6 Å². The van der Waals surface area contributed by atoms with E-state index in [0.717, 1.165) is 25.9 Å². The first-order valence-electron chi connectivity index (χ1n) is 6.34. The van der Waals surface area contributed by atoms with Gasteiger partial charge in [-0.05, 0) is 26.3 Å². The van der Waals surface area contributed by atoms with Gasteiger partial charge in [-0.15, -0.1) is 0 Å². The first-order chi connectivity index (χ1) is 9.04. The second-order valence-electron chi connectivity index (χ2n) is 5.16. The molecule has 2 rings (SSSR count). The van der Waals surface area contributed by atoms with Crippen LogP contribution in [0.15, 0.2) is 12.5 Å². The first kappa shape index (κ1) is 13.9. The van der Waals surface area contributed by atoms with Crippen LogP contribution in [0.3, 0.4) is 0 Å². The Bertz CT molecular complexity index is 466. The van der Waals surface area contributed by atoms with Crippen molar-refractivity contribution in [3.8, 4) is 0 Å². The molecule has 104 valence electrons. The zero-order valence-corrected chi connectivity index (χ0v) is 11.3. The fourth-order valence-electron chi connectivity index (χ4n) is 2.48. The van der Waals surface area contributed by atoms with Crippen LogP contribution in [0.4, 0.5) is 0 Å². The molecule has 0 spiro atoms. The number of ether oxygens (including phenoxy) is 1. The van der Waals surface area contributed by atoms with Crippen LogP contribution < -0.4 is 0 Å². The lowest BCUT2D eigenvalue weighted by Crippen LogP contribution is -2.47. The highest BCUT2D eigenvalue weighted by Gasteiger charge is 2.31. The summed E-state index contributed by atoms with van der Waals surface area (Å²) in [6, 6.07) is 0. The highest BCUT2D eigenvalue weighted by Crippen LogP contribution is 2.25. The van der Waals surface area contributed by atoms with Crippen molar-refractivity contribution in [3.63, 3.8) is 0 Å². The van der Waals surface area contributed by atoms with Crippen molar-refractivity contribution in [3.05, 3.63) is 23.8 Å². The molecule has 0 aromatic carbocycles. The number of nitrogens with zero attached hydrogens (tertiary/aromatic N) is 3. The molecule has 1 aliphatic heterocycles. The number of methoxy groups -OCH3 is 1. The van der Waals surface area contributed by atoms with Gasteiger partial charge in [0.2, 0.25) is 0 Å². The summed E-state index contributed by atoms with van der Waals surface area (Å²) in [5.74, 6) is -0.984. The number of piperidine rings is 1. The molecule has 1 atom stereocenters. The normalized spacial score (nSPS) is 24.3. The highest BCUT2D eigenvalue weighted by atomic mass is 16.5. The zero-order valence-electron chi connectivity index (χ0n) is 11.3. The van der Waals surface area contributed by atoms with Gasteiger partial charge in [0.05, 0.1) is 11.3 Å². The summed E-state index contributed by atoms with van der Waals surface area (Å²) < 4.78 is 5.53. The van der Waals surface area contributed by atoms with Gasteiger partial charge in [-0.3, -0.25) is 4.90 Å². The lowest BCUT2D eigenvalue weighted by molar-refractivity contribution is -0.0529. The molecule has 19 heavy (non-hydrogen) atoms. The minimum absolute atomic E-state index is 0.158. The molecular formula is C13H19N3O3. The van der Waals surface area contributed by atoms with Gasteiger partial charge in [0, 0.05) is 26.4 Å². The largest absolute Gasteiger partial charge is 0.478 e. The van der Waals surface area contributed by atoms with Gasteiger partial charge in [0.15, 0.2) is 0 Å². The summed E-state index contributed by atoms with van der Waals surface area (Å²) in [7, 11) is 1.72. The van der Waals surface area contributed by atoms with Gasteiger partial charge in [-0.2, -0.15) is 0 Å². The van der Waals surface area contributed by atoms with E-state index in [1.807, 2.05) is 0 Å². The maximum absolute atomic E-state index is 11.1. The Labute approximate surface area is 112 Å². The fourth-order valence-corrected chi connectivity index (χ4v) is 2.48. The first-order valence-corrected chi connectivity index (χ1v) is 6.34. The molecule has 2 heterocycles. The molecule has 0 aliphatic carbocycles. The summed E-state index contributed by atoms with van der Waals surface area (Å²) in [5, 5.41) is 9.12. The van der Waals surface area contributed by atoms with E-state index in [-0.39, 0.29) is 11.2 Å². The number of rotatable bonds is 4. The number of aromatic carboxylic acids is 1. The number of hydrogen-bond donors (Lipinski definition) is 1. The van der Waals surface area contributed by atoms with E-state index < -0.39 is 5.97 Å². The van der Waals surface area contributed by atoms with Crippen molar-refractivity contribution in [2.45, 2.75) is 31.9 Å². The molecule has 1 fully saturated rings. The van der Waals surface area contributed by atoms with Crippen LogP contribution in [0.25, 0.3) is 0 Å². The Kier molecular flexibility index (Phi) is 4.11. The quantitative estimate of drug-likeness (QED) is 0.881. The number of carboxylic acid groups (broad SMARTS) is 1. The molecule has 1 aliphatic rings. The standard InChI is InChI=1S/C13H19N3O3/c1-13(19-2)4-3-5-16(8-13)7-11-10(12(17)18)6-14-9-15-11/h6,9H,3-5,7-8H2,1-2H3,(H,17,18). The topological polar surface area (TPSA) is 75.5 Å². The Morgan fingerprint density at radius 3 is 3.11 bits per heavy atom. The van der Waals surface area contributed by atoms with Crippen LogP contribution in [0.5, 0.6) is 0 Å². The van der Waals surface area contributed by atoms with Gasteiger partial charge in [-0.1, -0.05) is 0 Å². The smallest absolute Gasteiger partial charge is 0.339 e. The minimum Gasteiger partial charge on any atom is -0.478 e. The van der Waals surface area contributed by atoms with Crippen LogP contribution in [0.2, 0.25) is 0 Å². The molecular weight excluding hydrogens is 246 g/mol. The van der Waals surface area contributed by atoms with Crippen molar-refractivity contribution in [1.29, 1.82) is 0 Å². The molecule has 6 nitrogen and oxygen atoms in total. The van der Waals surface area contributed by atoms with E-state index in [9.17, 15) is 4.79 Å². The SMILES string of the molecule is COC1(C)CCCN(Cc2ncncc2C(=O)O)C1. The molecule has 1 aromatic heterocycles. The Hall–Kier alpha value is -1.53. The van der Waals surface area contributed by atoms with Crippen molar-refractivity contribution in [2.75, 3.05) is 20.2 Å². The summed E-state index contributed by atoms with van der Waals surface area (Å²) in [6.45, 7) is 4.31. The number of carbonyl (C=O) groups is 1. The molecule has 0 radical (unpaired) electrons. The predicted octanol–water partition coefficient (Wildman–Crippen LogP) is 1.18. The average molecular weight is 265 g/mol. The Balaban J connectivity index is 2.11. The second kappa shape index (κ2) is 5.63. The zero-order chi connectivity index (χ0) is 13.9. The second-order valence-corrected chi connectivity index (χ2v) is 5.16. The molecule has 6 heteroatoms. The summed E-state index contributed by atoms with van der Waals surface area (Å²) in [4.78, 5) is 21.2. The molecule has 1 N–H and O–H groups in total. The van der Waals surface area contributed by atoms with E-state index >= 15 is 0 Å². The molecule has 1 saturated heterocycles. The maximum atomic E-state index is 11.1. The van der Waals surface area contributed by atoms with Crippen LogP contribution in [-0.2, 0) is 11.3 Å². The third-order valence-electron chi connectivity index (χ3n) is 3.63. The monoisotopic (exact) mass is 265 g/mol. The highest BCUT2D eigenvalue weighted by molar-refractivity contribution is 5.88. The van der Waals surface area contributed by atoms with E-state index in [0.29, 0.717) is 12.2 Å². The van der Waals surface area contributed by atoms with E-state index in [1.54, 1.807) is 7.11 Å². The van der Waals surface area contributed by atoms with Crippen molar-refractivity contribution >= 4 is 5.97 Å². The van der Waals surface area contributed by atoms with E-state index in [2.05, 4.69) is 21.8 Å². The average Bonchev–Trinajstić information content (AvgIpc) is 2.39. The molecule has 1 aromatic rings. The minimum atomic E-state index is -0.984. The lowest BCUT2D eigenvalue weighted by Gasteiger charge is -2.39. The van der Waals surface area contributed by atoms with Gasteiger partial charge in [0.1, 0.15) is 11.9 Å². The summed E-state index contributed by atoms with van der Waals surface area (Å²) >= 11 is 0. The molecule has 0 saturated carbocycles. The van der Waals surface area contributed by atoms with Crippen LogP contribution in [-0.4, -0.2) is 51.7 Å². The Morgan fingerprint density at radius 1 is 1.63 bits per heavy atom. The number of hydrogen-bond acceptors (Lipinski definition) is 5. The number of carboxylic acids is 1. The fraction of sp³-hybridized carbons (Fsp3) is 0.615. The third kappa shape index (κ3) is 3.27. The molecule has 1 unspecified atom stereocenters. The van der Waals surface area contributed by atoms with Gasteiger partial charge < -0.3 is 9.84 Å². The Morgan fingerprint density at radius 2 is 2.42 bits per heavy atom. The van der Waals surface area contributed by atoms with E-state index in [4.69, 9.17) is 9.84 Å². The predicted molar refractivity (Wildman–Crippen MR) is 68.9 cm³/mol. The summed E-state index contributed by atoms with van der Waals surface area (Å²) in [5.41, 5.74) is 0.573. The third-order valence-corrected chi connectivity index (χ3v) is 3.63. The number of likely N-dealkylation sites (tertiary alicyclic amines) is 1. The van der Waals surface area contributed by atoms with Gasteiger partial charge in [-0.25, -0.2) is 14.8 Å². The molecule has 0 bridgehead atoms. The van der Waals surface area contributed by atoms with Crippen LogP contribution in [0.1, 0.15) is 35.8 Å². The van der Waals surface area contributed by atoms with Crippen LogP contribution >= 0.6 is 0 Å². The van der Waals surface area contributed by atoms with Crippen molar-refractivity contribution in [2.24, 2.45) is 0 Å². The van der Waals surface area contributed by atoms with Gasteiger partial charge in [0.25, 0.3) is 0 Å².